The molecule has 17 rings (SSSR count). The van der Waals surface area contributed by atoms with Crippen LogP contribution in [0.2, 0.25) is 0 Å². The summed E-state index contributed by atoms with van der Waals surface area (Å²) in [4.78, 5) is 66.9. The molecule has 128 heavy (non-hydrogen) atoms. The van der Waals surface area contributed by atoms with Gasteiger partial charge < -0.3 is 36.3 Å². The topological polar surface area (TPSA) is 391 Å². The Kier molecular flexibility index (Phi) is 26.7. The molecule has 0 saturated heterocycles. The number of nitrogens with two attached hydrogens (primary N) is 2. The first-order chi connectivity index (χ1) is 61.5. The van der Waals surface area contributed by atoms with Gasteiger partial charge in [-0.1, -0.05) is 77.0 Å². The fourth-order valence-corrected chi connectivity index (χ4v) is 15.6. The number of allylic oxidation sites excluding steroid dienone is 4. The number of carboxylic acids is 1. The Balaban J connectivity index is 0.000000138. The first-order valence-electron chi connectivity index (χ1n) is 41.8. The number of halogens is 1. The van der Waals surface area contributed by atoms with Gasteiger partial charge in [0.25, 0.3) is 0 Å². The summed E-state index contributed by atoms with van der Waals surface area (Å²) in [6.07, 6.45) is 18.5. The van der Waals surface area contributed by atoms with Crippen LogP contribution in [0.25, 0.3) is 77.7 Å². The van der Waals surface area contributed by atoms with Crippen LogP contribution in [0.5, 0.6) is 0 Å². The van der Waals surface area contributed by atoms with Gasteiger partial charge in [-0.05, 0) is 234 Å². The summed E-state index contributed by atoms with van der Waals surface area (Å²) in [5.74, 6) is 0.310. The smallest absolute Gasteiger partial charge is 0.338 e. The predicted octanol–water partition coefficient (Wildman–Crippen LogP) is 19.8. The highest BCUT2D eigenvalue weighted by Gasteiger charge is 2.29. The summed E-state index contributed by atoms with van der Waals surface area (Å²) in [5, 5.41) is 58.2. The molecule has 11 heterocycles. The molecule has 28 heteroatoms. The van der Waals surface area contributed by atoms with Gasteiger partial charge >= 0.3 is 5.97 Å². The van der Waals surface area contributed by atoms with Crippen LogP contribution in [0.4, 0.5) is 15.8 Å². The first-order valence-corrected chi connectivity index (χ1v) is 41.8. The number of hydrogen-bond donors (Lipinski definition) is 7. The van der Waals surface area contributed by atoms with Gasteiger partial charge in [0.05, 0.1) is 92.5 Å². The molecule has 27 nitrogen and oxygen atoms in total. The standard InChI is InChI=1S/C26H25FN4O3.C26H28N6O.C25H23N5O.C23H22N6O/c1-14(28)24(16(3)32)17-7-10-20(23(13-17)31-15(2)22-6-4-5-11-30-22)25(29)18-8-9-19(26(33)34)21(27)12-18;1-15(27)24(17(3)33)19-9-10-21(23(12-19)32-16(2)22-6-4-5-11-29-22)25(28)20-13-30-26(31-14-20)18-7-8-18;1-15-8-9-20(14-27-15)25-21-11-10-19(24-16(2)29-31-18(24)4)13-23(21)30(28-25)17(3)22-7-5-6-12-26-22;1-14-22(16(3)30-27-14)17-8-9-19-21(11-17)29(15(2)20-7-5-6-10-24-20)26-23(19)18-12-25-28(4)13-18/h4-13,15,29,31H,28H2,1-3H3,(H,33,34);4-6,9-14,16,18,28,32H,7-8,27H2,1-3H3;5-14,17H,1-4H3;5-13,15H,1-4H3/t15-;16-;17-;15-/m0000/s1. The molecule has 11 aromatic heterocycles. The van der Waals surface area contributed by atoms with Crippen LogP contribution in [0, 0.1) is 51.3 Å². The Morgan fingerprint density at radius 1 is 0.484 bits per heavy atom. The van der Waals surface area contributed by atoms with Crippen molar-refractivity contribution in [3.63, 3.8) is 0 Å². The lowest BCUT2D eigenvalue weighted by molar-refractivity contribution is -0.112. The van der Waals surface area contributed by atoms with Crippen molar-refractivity contribution < 1.29 is 32.9 Å². The lowest BCUT2D eigenvalue weighted by Gasteiger charge is -2.20. The van der Waals surface area contributed by atoms with E-state index in [2.05, 4.69) is 122 Å². The number of benzene rings is 5. The Labute approximate surface area is 739 Å². The molecule has 646 valence electrons. The quantitative estimate of drug-likeness (QED) is 0.0218. The van der Waals surface area contributed by atoms with Crippen molar-refractivity contribution in [1.82, 2.24) is 74.5 Å². The molecule has 0 bridgehead atoms. The van der Waals surface area contributed by atoms with E-state index in [4.69, 9.17) is 46.6 Å². The third-order valence-corrected chi connectivity index (χ3v) is 22.2. The summed E-state index contributed by atoms with van der Waals surface area (Å²) in [6.45, 7) is 24.2. The van der Waals surface area contributed by atoms with Crippen LogP contribution in [0.3, 0.4) is 0 Å². The number of nitrogens with one attached hydrogen (secondary N) is 4. The molecule has 9 N–H and O–H groups in total. The molecular weight excluding hydrogens is 1610 g/mol. The number of carbonyl (C=O) groups excluding carboxylic acids is 2. The van der Waals surface area contributed by atoms with E-state index < -0.39 is 17.3 Å². The Bertz CT molecular complexity index is 6830. The van der Waals surface area contributed by atoms with Crippen molar-refractivity contribution in [1.29, 1.82) is 10.8 Å². The molecule has 0 unspecified atom stereocenters. The number of carbonyl (C=O) groups is 3. The number of aromatic carboxylic acids is 1. The fraction of sp³-hybridized carbons (Fsp3) is 0.210. The van der Waals surface area contributed by atoms with E-state index in [0.717, 1.165) is 149 Å². The van der Waals surface area contributed by atoms with E-state index in [0.29, 0.717) is 73.4 Å². The van der Waals surface area contributed by atoms with Crippen LogP contribution < -0.4 is 22.1 Å². The predicted molar refractivity (Wildman–Crippen MR) is 495 cm³/mol. The normalized spacial score (nSPS) is 13.1. The van der Waals surface area contributed by atoms with E-state index in [1.807, 2.05) is 182 Å². The van der Waals surface area contributed by atoms with Crippen LogP contribution in [0.15, 0.2) is 252 Å². The van der Waals surface area contributed by atoms with Gasteiger partial charge in [-0.15, -0.1) is 0 Å². The minimum atomic E-state index is -1.38. The molecule has 5 aromatic carbocycles. The maximum atomic E-state index is 14.3. The molecule has 1 fully saturated rings. The summed E-state index contributed by atoms with van der Waals surface area (Å²) >= 11 is 0. The second-order valence-electron chi connectivity index (χ2n) is 31.7. The van der Waals surface area contributed by atoms with Crippen LogP contribution in [-0.2, 0) is 16.6 Å². The highest BCUT2D eigenvalue weighted by molar-refractivity contribution is 6.22. The highest BCUT2D eigenvalue weighted by atomic mass is 19.1. The average molecular weight is 1710 g/mol. The zero-order valence-electron chi connectivity index (χ0n) is 73.5. The van der Waals surface area contributed by atoms with Gasteiger partial charge in [0.2, 0.25) is 0 Å². The number of pyridine rings is 5. The molecule has 1 saturated carbocycles. The Morgan fingerprint density at radius 3 is 1.29 bits per heavy atom. The van der Waals surface area contributed by atoms with Crippen molar-refractivity contribution in [2.75, 3.05) is 10.6 Å². The average Bonchev–Trinajstić information content (AvgIpc) is 1.61. The molecule has 0 spiro atoms. The van der Waals surface area contributed by atoms with E-state index in [1.165, 1.54) is 19.9 Å². The van der Waals surface area contributed by atoms with Gasteiger partial charge in [0.15, 0.2) is 11.6 Å². The largest absolute Gasteiger partial charge is 0.478 e. The number of hydrogen-bond acceptors (Lipinski definition) is 23. The Hall–Kier alpha value is -15.7. The summed E-state index contributed by atoms with van der Waals surface area (Å²) in [5.41, 5.74) is 34.2. The lowest BCUT2D eigenvalue weighted by atomic mass is 9.94. The van der Waals surface area contributed by atoms with Crippen LogP contribution in [0.1, 0.15) is 199 Å². The minimum absolute atomic E-state index is 0.0177. The molecule has 0 radical (unpaired) electrons. The monoisotopic (exact) mass is 1710 g/mol. The van der Waals surface area contributed by atoms with Gasteiger partial charge in [0, 0.05) is 157 Å². The third kappa shape index (κ3) is 19.6. The highest BCUT2D eigenvalue weighted by Crippen LogP contribution is 2.41. The number of rotatable bonds is 24. The zero-order chi connectivity index (χ0) is 90.9. The van der Waals surface area contributed by atoms with E-state index in [9.17, 15) is 18.8 Å². The number of aryl methyl sites for hydroxylation is 6. The van der Waals surface area contributed by atoms with Crippen molar-refractivity contribution in [2.24, 2.45) is 18.5 Å². The molecule has 0 amide bonds. The second kappa shape index (κ2) is 38.6. The number of fused-ring (bicyclic) bond motifs is 2. The molecule has 1 aliphatic rings. The van der Waals surface area contributed by atoms with Gasteiger partial charge in [-0.2, -0.15) is 15.3 Å². The summed E-state index contributed by atoms with van der Waals surface area (Å²) in [7, 11) is 1.91. The van der Waals surface area contributed by atoms with Gasteiger partial charge in [0.1, 0.15) is 34.5 Å². The maximum Gasteiger partial charge on any atom is 0.338 e. The molecule has 0 aliphatic heterocycles. The number of ketones is 2. The molecular formula is C100H98FN21O6. The third-order valence-electron chi connectivity index (χ3n) is 22.2. The van der Waals surface area contributed by atoms with Gasteiger partial charge in [-0.3, -0.25) is 59.4 Å². The van der Waals surface area contributed by atoms with Crippen molar-refractivity contribution in [2.45, 2.75) is 133 Å². The SMILES string of the molecule is CC(=O)C(=C(C)N)c1ccc(C(=N)c2ccc(C(=O)O)c(F)c2)c(N[C@@H](C)c2ccccn2)c1.CC(=O)C(=C(C)N)c1ccc(C(=N)c2cnc(C3CC3)nc2)c(N[C@@H](C)c2ccccn2)c1.Cc1ccc(-c2nn([C@@H](C)c3ccccn3)c3cc(-c4c(C)noc4C)ccc23)cn1.Cc1noc(C)c1-c1ccc2c(-c3cnn(C)c3)nn([C@@H](C)c3ccccn3)c2c1. The van der Waals surface area contributed by atoms with Crippen molar-refractivity contribution in [3.05, 3.63) is 345 Å². The Morgan fingerprint density at radius 2 is 0.914 bits per heavy atom. The van der Waals surface area contributed by atoms with Gasteiger partial charge in [-0.25, -0.2) is 19.2 Å². The number of carboxylic acid groups (broad SMARTS) is 1. The number of anilines is 2. The van der Waals surface area contributed by atoms with Crippen molar-refractivity contribution >= 4 is 73.3 Å². The summed E-state index contributed by atoms with van der Waals surface area (Å²) in [6, 6.07) is 53.8. The van der Waals surface area contributed by atoms with E-state index in [1.54, 1.807) is 67.6 Å². The number of Topliss-reactive ketones (excluding diaryl/α,β-unsaturated/α-hetero) is 2. The van der Waals surface area contributed by atoms with Crippen molar-refractivity contribution in [3.8, 4) is 44.8 Å². The summed E-state index contributed by atoms with van der Waals surface area (Å²) < 4.78 is 31.0. The van der Waals surface area contributed by atoms with E-state index >= 15 is 0 Å². The lowest BCUT2D eigenvalue weighted by Crippen LogP contribution is -2.14. The van der Waals surface area contributed by atoms with E-state index in [-0.39, 0.29) is 47.0 Å². The fourth-order valence-electron chi connectivity index (χ4n) is 15.6. The van der Waals surface area contributed by atoms with Crippen LogP contribution >= 0.6 is 0 Å². The molecule has 1 aliphatic carbocycles. The molecule has 4 atom stereocenters. The van der Waals surface area contributed by atoms with Crippen LogP contribution in [-0.4, -0.2) is 109 Å². The first kappa shape index (κ1) is 88.6. The maximum absolute atomic E-state index is 14.3. The minimum Gasteiger partial charge on any atom is -0.478 e. The number of aromatic nitrogens is 15. The number of nitrogens with zero attached hydrogens (tertiary/aromatic N) is 15. The second-order valence-corrected chi connectivity index (χ2v) is 31.7. The molecule has 16 aromatic rings. The zero-order valence-corrected chi connectivity index (χ0v) is 73.5.